The first kappa shape index (κ1) is 13.3. The van der Waals surface area contributed by atoms with E-state index < -0.39 is 0 Å². The third-order valence-corrected chi connectivity index (χ3v) is 4.15. The van der Waals surface area contributed by atoms with Crippen LogP contribution in [0.15, 0.2) is 47.4 Å². The lowest BCUT2D eigenvalue weighted by atomic mass is 10.1. The molecule has 4 heteroatoms. The van der Waals surface area contributed by atoms with E-state index in [4.69, 9.17) is 4.74 Å². The van der Waals surface area contributed by atoms with Crippen molar-refractivity contribution in [2.75, 3.05) is 25.1 Å². The highest BCUT2D eigenvalue weighted by atomic mass is 32.1. The van der Waals surface area contributed by atoms with Crippen LogP contribution in [0.5, 0.6) is 0 Å². The fraction of sp³-hybridized carbons (Fsp3) is 0.312. The zero-order valence-electron chi connectivity index (χ0n) is 11.3. The molecule has 3 nitrogen and oxygen atoms in total. The van der Waals surface area contributed by atoms with Gasteiger partial charge in [-0.3, -0.25) is 0 Å². The van der Waals surface area contributed by atoms with Gasteiger partial charge in [0.2, 0.25) is 0 Å². The summed E-state index contributed by atoms with van der Waals surface area (Å²) in [6.45, 7) is 2.57. The van der Waals surface area contributed by atoms with E-state index in [0.29, 0.717) is 0 Å². The second-order valence-corrected chi connectivity index (χ2v) is 5.63. The minimum absolute atomic E-state index is 0.769. The fourth-order valence-electron chi connectivity index (χ4n) is 2.22. The lowest BCUT2D eigenvalue weighted by Gasteiger charge is -2.13. The Labute approximate surface area is 123 Å². The predicted octanol–water partition coefficient (Wildman–Crippen LogP) is 3.96. The molecule has 0 spiro atoms. The highest BCUT2D eigenvalue weighted by Crippen LogP contribution is 2.24. The molecule has 104 valence electrons. The van der Waals surface area contributed by atoms with Gasteiger partial charge < -0.3 is 10.1 Å². The molecule has 0 amide bonds. The Morgan fingerprint density at radius 2 is 2.15 bits per heavy atom. The highest BCUT2D eigenvalue weighted by Gasteiger charge is 2.05. The molecule has 0 radical (unpaired) electrons. The van der Waals surface area contributed by atoms with E-state index in [0.717, 1.165) is 43.4 Å². The van der Waals surface area contributed by atoms with Gasteiger partial charge >= 0.3 is 0 Å². The molecule has 0 fully saturated rings. The van der Waals surface area contributed by atoms with Crippen molar-refractivity contribution in [3.8, 4) is 11.3 Å². The Bertz CT molecular complexity index is 577. The van der Waals surface area contributed by atoms with Crippen molar-refractivity contribution >= 4 is 16.5 Å². The lowest BCUT2D eigenvalue weighted by Crippen LogP contribution is -2.08. The van der Waals surface area contributed by atoms with Crippen molar-refractivity contribution in [2.45, 2.75) is 12.8 Å². The number of hydrogen-bond acceptors (Lipinski definition) is 4. The zero-order valence-corrected chi connectivity index (χ0v) is 12.2. The molecule has 1 aromatic heterocycles. The number of nitrogens with zero attached hydrogens (tertiary/aromatic N) is 1. The van der Waals surface area contributed by atoms with Gasteiger partial charge in [-0.2, -0.15) is 0 Å². The normalized spacial score (nSPS) is 14.9. The third kappa shape index (κ3) is 3.46. The maximum absolute atomic E-state index is 5.31. The molecule has 0 bridgehead atoms. The zero-order chi connectivity index (χ0) is 13.6. The van der Waals surface area contributed by atoms with Gasteiger partial charge in [-0.25, -0.2) is 4.98 Å². The first-order valence-corrected chi connectivity index (χ1v) is 7.80. The summed E-state index contributed by atoms with van der Waals surface area (Å²) in [5.41, 5.74) is 3.70. The number of thiazole rings is 1. The van der Waals surface area contributed by atoms with E-state index >= 15 is 0 Å². The van der Waals surface area contributed by atoms with Crippen LogP contribution >= 0.6 is 11.3 Å². The average molecular weight is 286 g/mol. The number of aromatic nitrogens is 1. The van der Waals surface area contributed by atoms with Crippen LogP contribution in [-0.4, -0.2) is 24.7 Å². The standard InChI is InChI=1S/C16H18N2OS/c1-2-4-14(5-3-1)15-12-20-16(18-15)17-9-6-13-7-10-19-11-8-13/h1-5,7,12H,6,8-11H2,(H,17,18). The van der Waals surface area contributed by atoms with Crippen LogP contribution in [0, 0.1) is 0 Å². The predicted molar refractivity (Wildman–Crippen MR) is 84.2 cm³/mol. The molecule has 0 saturated carbocycles. The smallest absolute Gasteiger partial charge is 0.183 e. The van der Waals surface area contributed by atoms with Crippen molar-refractivity contribution in [3.63, 3.8) is 0 Å². The van der Waals surface area contributed by atoms with Gasteiger partial charge in [-0.1, -0.05) is 42.0 Å². The molecule has 1 aliphatic heterocycles. The van der Waals surface area contributed by atoms with Crippen LogP contribution in [0.1, 0.15) is 12.8 Å². The summed E-state index contributed by atoms with van der Waals surface area (Å²) in [5.74, 6) is 0. The van der Waals surface area contributed by atoms with Crippen molar-refractivity contribution < 1.29 is 4.74 Å². The Hall–Kier alpha value is -1.65. The maximum atomic E-state index is 5.31. The third-order valence-electron chi connectivity index (χ3n) is 3.35. The Morgan fingerprint density at radius 1 is 1.25 bits per heavy atom. The Balaban J connectivity index is 1.54. The Morgan fingerprint density at radius 3 is 2.95 bits per heavy atom. The number of ether oxygens (including phenoxy) is 1. The van der Waals surface area contributed by atoms with Crippen molar-refractivity contribution in [2.24, 2.45) is 0 Å². The van der Waals surface area contributed by atoms with E-state index in [-0.39, 0.29) is 0 Å². The van der Waals surface area contributed by atoms with Gasteiger partial charge in [-0.05, 0) is 12.8 Å². The molecule has 0 unspecified atom stereocenters. The van der Waals surface area contributed by atoms with Gasteiger partial charge in [0, 0.05) is 17.5 Å². The fourth-order valence-corrected chi connectivity index (χ4v) is 2.97. The molecule has 20 heavy (non-hydrogen) atoms. The molecule has 0 saturated heterocycles. The molecular weight excluding hydrogens is 268 g/mol. The number of nitrogens with one attached hydrogen (secondary N) is 1. The minimum atomic E-state index is 0.769. The molecule has 1 aromatic carbocycles. The quantitative estimate of drug-likeness (QED) is 0.845. The summed E-state index contributed by atoms with van der Waals surface area (Å²) >= 11 is 1.66. The molecule has 2 aromatic rings. The highest BCUT2D eigenvalue weighted by molar-refractivity contribution is 7.14. The van der Waals surface area contributed by atoms with Crippen LogP contribution in [-0.2, 0) is 4.74 Å². The Kier molecular flexibility index (Phi) is 4.46. The summed E-state index contributed by atoms with van der Waals surface area (Å²) in [6, 6.07) is 10.3. The van der Waals surface area contributed by atoms with Crippen molar-refractivity contribution in [1.82, 2.24) is 4.98 Å². The van der Waals surface area contributed by atoms with Crippen LogP contribution in [0.2, 0.25) is 0 Å². The number of benzene rings is 1. The number of rotatable bonds is 5. The minimum Gasteiger partial charge on any atom is -0.377 e. The largest absolute Gasteiger partial charge is 0.377 e. The average Bonchev–Trinajstić information content (AvgIpc) is 2.98. The second kappa shape index (κ2) is 6.68. The number of hydrogen-bond donors (Lipinski definition) is 1. The summed E-state index contributed by atoms with van der Waals surface area (Å²) in [6.07, 6.45) is 4.33. The van der Waals surface area contributed by atoms with Gasteiger partial charge in [0.1, 0.15) is 0 Å². The summed E-state index contributed by atoms with van der Waals surface area (Å²) < 4.78 is 5.31. The maximum Gasteiger partial charge on any atom is 0.183 e. The van der Waals surface area contributed by atoms with E-state index in [1.165, 1.54) is 11.1 Å². The van der Waals surface area contributed by atoms with Gasteiger partial charge in [0.05, 0.1) is 18.9 Å². The van der Waals surface area contributed by atoms with Crippen molar-refractivity contribution in [1.29, 1.82) is 0 Å². The first-order valence-electron chi connectivity index (χ1n) is 6.92. The molecule has 1 aliphatic rings. The van der Waals surface area contributed by atoms with Gasteiger partial charge in [-0.15, -0.1) is 11.3 Å². The molecule has 0 aliphatic carbocycles. The topological polar surface area (TPSA) is 34.2 Å². The van der Waals surface area contributed by atoms with E-state index in [1.807, 2.05) is 18.2 Å². The molecule has 2 heterocycles. The van der Waals surface area contributed by atoms with Crippen LogP contribution < -0.4 is 5.32 Å². The SMILES string of the molecule is C1=C(CCNc2nc(-c3ccccc3)cs2)CCOC1. The van der Waals surface area contributed by atoms with Crippen LogP contribution in [0.3, 0.4) is 0 Å². The molecule has 3 rings (SSSR count). The van der Waals surface area contributed by atoms with Crippen molar-refractivity contribution in [3.05, 3.63) is 47.4 Å². The molecule has 0 atom stereocenters. The second-order valence-electron chi connectivity index (χ2n) is 4.77. The first-order chi connectivity index (χ1) is 9.92. The molecule has 1 N–H and O–H groups in total. The van der Waals surface area contributed by atoms with Gasteiger partial charge in [0.25, 0.3) is 0 Å². The lowest BCUT2D eigenvalue weighted by molar-refractivity contribution is 0.153. The van der Waals surface area contributed by atoms with Crippen LogP contribution in [0.25, 0.3) is 11.3 Å². The number of anilines is 1. The van der Waals surface area contributed by atoms with Gasteiger partial charge in [0.15, 0.2) is 5.13 Å². The van der Waals surface area contributed by atoms with E-state index in [1.54, 1.807) is 11.3 Å². The summed E-state index contributed by atoms with van der Waals surface area (Å²) in [4.78, 5) is 4.63. The summed E-state index contributed by atoms with van der Waals surface area (Å²) in [7, 11) is 0. The monoisotopic (exact) mass is 286 g/mol. The van der Waals surface area contributed by atoms with E-state index in [2.05, 4.69) is 33.9 Å². The van der Waals surface area contributed by atoms with Crippen LogP contribution in [0.4, 0.5) is 5.13 Å². The van der Waals surface area contributed by atoms with E-state index in [9.17, 15) is 0 Å². The molecular formula is C16H18N2OS. The summed E-state index contributed by atoms with van der Waals surface area (Å²) in [5, 5.41) is 6.51.